The summed E-state index contributed by atoms with van der Waals surface area (Å²) in [6.07, 6.45) is 2.22. The maximum absolute atomic E-state index is 12.9. The van der Waals surface area contributed by atoms with E-state index in [1.807, 2.05) is 35.9 Å². The van der Waals surface area contributed by atoms with E-state index in [1.54, 1.807) is 36.4 Å². The summed E-state index contributed by atoms with van der Waals surface area (Å²) in [7, 11) is 1.63. The summed E-state index contributed by atoms with van der Waals surface area (Å²) in [6, 6.07) is 13.1. The minimum Gasteiger partial charge on any atom is -0.497 e. The molecule has 8 heteroatoms. The first-order valence-electron chi connectivity index (χ1n) is 10.3. The van der Waals surface area contributed by atoms with Crippen LogP contribution in [0.4, 0.5) is 0 Å². The summed E-state index contributed by atoms with van der Waals surface area (Å²) < 4.78 is 7.19. The number of nitrogens with zero attached hydrogens (tertiary/aromatic N) is 4. The maximum atomic E-state index is 12.9. The maximum Gasteiger partial charge on any atom is 0.272 e. The van der Waals surface area contributed by atoms with Crippen LogP contribution in [-0.2, 0) is 19.5 Å². The average molecular weight is 419 g/mol. The molecule has 0 unspecified atom stereocenters. The zero-order chi connectivity index (χ0) is 21.8. The van der Waals surface area contributed by atoms with Crippen LogP contribution in [0.25, 0.3) is 0 Å². The highest BCUT2D eigenvalue weighted by Crippen LogP contribution is 2.25. The van der Waals surface area contributed by atoms with Crippen LogP contribution < -0.4 is 10.1 Å². The van der Waals surface area contributed by atoms with Crippen LogP contribution in [0.5, 0.6) is 5.75 Å². The van der Waals surface area contributed by atoms with Gasteiger partial charge < -0.3 is 15.0 Å². The molecule has 8 nitrogen and oxygen atoms in total. The molecule has 0 aliphatic carbocycles. The van der Waals surface area contributed by atoms with E-state index in [0.717, 1.165) is 22.6 Å². The molecule has 4 rings (SSSR count). The number of pyridine rings is 1. The van der Waals surface area contributed by atoms with Gasteiger partial charge in [0.05, 0.1) is 20.2 Å². The number of hydrogen-bond donors (Lipinski definition) is 1. The van der Waals surface area contributed by atoms with E-state index in [0.29, 0.717) is 44.0 Å². The van der Waals surface area contributed by atoms with E-state index in [1.165, 1.54) is 0 Å². The number of rotatable bonds is 6. The lowest BCUT2D eigenvalue weighted by atomic mass is 10.0. The Morgan fingerprint density at radius 2 is 2.06 bits per heavy atom. The predicted octanol–water partition coefficient (Wildman–Crippen LogP) is 2.28. The van der Waals surface area contributed by atoms with Gasteiger partial charge in [-0.3, -0.25) is 19.3 Å². The molecule has 2 amide bonds. The van der Waals surface area contributed by atoms with Crippen LogP contribution in [0, 0.1) is 0 Å². The van der Waals surface area contributed by atoms with Crippen LogP contribution in [0.15, 0.2) is 48.7 Å². The van der Waals surface area contributed by atoms with Gasteiger partial charge >= 0.3 is 0 Å². The van der Waals surface area contributed by atoms with E-state index < -0.39 is 0 Å². The highest BCUT2D eigenvalue weighted by Gasteiger charge is 2.30. The van der Waals surface area contributed by atoms with Gasteiger partial charge in [0.1, 0.15) is 11.4 Å². The van der Waals surface area contributed by atoms with Gasteiger partial charge in [0.15, 0.2) is 5.69 Å². The molecule has 3 aromatic rings. The van der Waals surface area contributed by atoms with E-state index in [4.69, 9.17) is 4.74 Å². The molecule has 2 aromatic heterocycles. The molecule has 1 aliphatic heterocycles. The fraction of sp³-hybridized carbons (Fsp3) is 0.304. The lowest BCUT2D eigenvalue weighted by molar-refractivity contribution is 0.0724. The van der Waals surface area contributed by atoms with E-state index >= 15 is 0 Å². The lowest BCUT2D eigenvalue weighted by Gasteiger charge is -2.27. The highest BCUT2D eigenvalue weighted by molar-refractivity contribution is 5.95. The Bertz CT molecular complexity index is 1090. The number of nitrogens with one attached hydrogen (secondary N) is 1. The van der Waals surface area contributed by atoms with Crippen molar-refractivity contribution in [2.75, 3.05) is 20.2 Å². The van der Waals surface area contributed by atoms with Crippen molar-refractivity contribution in [1.29, 1.82) is 0 Å². The van der Waals surface area contributed by atoms with Crippen molar-refractivity contribution in [2.24, 2.45) is 0 Å². The Balaban J connectivity index is 1.66. The van der Waals surface area contributed by atoms with Crippen molar-refractivity contribution in [3.63, 3.8) is 0 Å². The molecule has 1 N–H and O–H groups in total. The lowest BCUT2D eigenvalue weighted by Crippen LogP contribution is -2.37. The molecule has 1 aliphatic rings. The van der Waals surface area contributed by atoms with Crippen molar-refractivity contribution >= 4 is 11.8 Å². The standard InChI is InChI=1S/C23H25N5O3/c1-3-24-22(29)21-18-15-27(23(30)19-9-4-5-11-25-19)12-10-20(18)28(26-21)14-16-7-6-8-17(13-16)31-2/h4-9,11,13H,3,10,12,14-15H2,1-2H3,(H,24,29). The molecule has 0 fully saturated rings. The highest BCUT2D eigenvalue weighted by atomic mass is 16.5. The van der Waals surface area contributed by atoms with Crippen molar-refractivity contribution < 1.29 is 14.3 Å². The van der Waals surface area contributed by atoms with Gasteiger partial charge in [0, 0.05) is 37.0 Å². The van der Waals surface area contributed by atoms with E-state index in [9.17, 15) is 9.59 Å². The van der Waals surface area contributed by atoms with Crippen molar-refractivity contribution in [3.05, 3.63) is 76.9 Å². The monoisotopic (exact) mass is 419 g/mol. The van der Waals surface area contributed by atoms with Crippen LogP contribution >= 0.6 is 0 Å². The van der Waals surface area contributed by atoms with Crippen molar-refractivity contribution in [2.45, 2.75) is 26.4 Å². The van der Waals surface area contributed by atoms with Crippen molar-refractivity contribution in [1.82, 2.24) is 25.0 Å². The second-order valence-corrected chi connectivity index (χ2v) is 7.33. The van der Waals surface area contributed by atoms with Crippen LogP contribution in [0.3, 0.4) is 0 Å². The molecule has 0 saturated carbocycles. The first-order chi connectivity index (χ1) is 15.1. The second-order valence-electron chi connectivity index (χ2n) is 7.33. The molecule has 31 heavy (non-hydrogen) atoms. The molecular formula is C23H25N5O3. The zero-order valence-electron chi connectivity index (χ0n) is 17.7. The Kier molecular flexibility index (Phi) is 5.97. The van der Waals surface area contributed by atoms with Gasteiger partial charge in [-0.1, -0.05) is 18.2 Å². The predicted molar refractivity (Wildman–Crippen MR) is 115 cm³/mol. The van der Waals surface area contributed by atoms with Crippen LogP contribution in [0.2, 0.25) is 0 Å². The number of methoxy groups -OCH3 is 1. The summed E-state index contributed by atoms with van der Waals surface area (Å²) >= 11 is 0. The Labute approximate surface area is 180 Å². The molecule has 3 heterocycles. The number of benzene rings is 1. The smallest absolute Gasteiger partial charge is 0.272 e. The van der Waals surface area contributed by atoms with E-state index in [2.05, 4.69) is 15.4 Å². The Morgan fingerprint density at radius 3 is 2.81 bits per heavy atom. The quantitative estimate of drug-likeness (QED) is 0.662. The van der Waals surface area contributed by atoms with Gasteiger partial charge in [-0.05, 0) is 36.8 Å². The van der Waals surface area contributed by atoms with Gasteiger partial charge in [-0.25, -0.2) is 0 Å². The van der Waals surface area contributed by atoms with E-state index in [-0.39, 0.29) is 11.8 Å². The number of hydrogen-bond acceptors (Lipinski definition) is 5. The third kappa shape index (κ3) is 4.28. The number of carbonyl (C=O) groups is 2. The van der Waals surface area contributed by atoms with Gasteiger partial charge in [-0.15, -0.1) is 0 Å². The molecule has 0 bridgehead atoms. The Morgan fingerprint density at radius 1 is 1.19 bits per heavy atom. The molecule has 160 valence electrons. The molecule has 0 saturated heterocycles. The number of amides is 2. The third-order valence-electron chi connectivity index (χ3n) is 5.32. The van der Waals surface area contributed by atoms with Gasteiger partial charge in [0.25, 0.3) is 11.8 Å². The number of fused-ring (bicyclic) bond motifs is 1. The largest absolute Gasteiger partial charge is 0.497 e. The first kappa shape index (κ1) is 20.6. The minimum absolute atomic E-state index is 0.145. The minimum atomic E-state index is -0.227. The molecular weight excluding hydrogens is 394 g/mol. The number of ether oxygens (including phenoxy) is 1. The van der Waals surface area contributed by atoms with Crippen LogP contribution in [-0.4, -0.2) is 51.7 Å². The third-order valence-corrected chi connectivity index (χ3v) is 5.32. The SMILES string of the molecule is CCNC(=O)c1nn(Cc2cccc(OC)c2)c2c1CN(C(=O)c1ccccn1)CC2. The molecule has 1 aromatic carbocycles. The zero-order valence-corrected chi connectivity index (χ0v) is 17.7. The number of carbonyl (C=O) groups excluding carboxylic acids is 2. The topological polar surface area (TPSA) is 89.4 Å². The van der Waals surface area contributed by atoms with Gasteiger partial charge in [-0.2, -0.15) is 5.10 Å². The molecule has 0 radical (unpaired) electrons. The normalized spacial score (nSPS) is 12.9. The average Bonchev–Trinajstić information content (AvgIpc) is 3.17. The van der Waals surface area contributed by atoms with Crippen molar-refractivity contribution in [3.8, 4) is 5.75 Å². The van der Waals surface area contributed by atoms with Gasteiger partial charge in [0.2, 0.25) is 0 Å². The first-order valence-corrected chi connectivity index (χ1v) is 10.3. The molecule has 0 spiro atoms. The summed E-state index contributed by atoms with van der Waals surface area (Å²) in [6.45, 7) is 3.77. The Hall–Kier alpha value is -3.68. The summed E-state index contributed by atoms with van der Waals surface area (Å²) in [5, 5.41) is 7.47. The fourth-order valence-corrected chi connectivity index (χ4v) is 3.82. The summed E-state index contributed by atoms with van der Waals surface area (Å²) in [5.41, 5.74) is 3.57. The van der Waals surface area contributed by atoms with Crippen LogP contribution in [0.1, 0.15) is 44.7 Å². The fourth-order valence-electron chi connectivity index (χ4n) is 3.82. The number of aromatic nitrogens is 3. The summed E-state index contributed by atoms with van der Waals surface area (Å²) in [5.74, 6) is 0.401. The second kappa shape index (κ2) is 8.99. The summed E-state index contributed by atoms with van der Waals surface area (Å²) in [4.78, 5) is 31.5. The molecule has 0 atom stereocenters.